The van der Waals surface area contributed by atoms with Crippen LogP contribution in [-0.4, -0.2) is 97.7 Å². The van der Waals surface area contributed by atoms with Gasteiger partial charge < -0.3 is 29.3 Å². The van der Waals surface area contributed by atoms with Crippen molar-refractivity contribution < 1.29 is 38.4 Å². The Morgan fingerprint density at radius 2 is 0.922 bits per heavy atom. The molecule has 4 aromatic rings. The van der Waals surface area contributed by atoms with Crippen molar-refractivity contribution in [2.75, 3.05) is 62.2 Å². The van der Waals surface area contributed by atoms with Gasteiger partial charge in [0, 0.05) is 74.6 Å². The molecular weight excluding hydrogens is 813 g/mol. The molecule has 14 heteroatoms. The van der Waals surface area contributed by atoms with Gasteiger partial charge in [-0.3, -0.25) is 19.2 Å². The second kappa shape index (κ2) is 20.9. The van der Waals surface area contributed by atoms with Crippen molar-refractivity contribution in [1.82, 2.24) is 20.8 Å². The van der Waals surface area contributed by atoms with E-state index in [-0.39, 0.29) is 23.7 Å². The van der Waals surface area contributed by atoms with Gasteiger partial charge in [-0.05, 0) is 123 Å². The van der Waals surface area contributed by atoms with E-state index in [9.17, 15) is 28.8 Å². The number of carbonyl (C=O) groups is 6. The first-order valence-electron chi connectivity index (χ1n) is 22.6. The van der Waals surface area contributed by atoms with Crippen LogP contribution in [0.15, 0.2) is 97.1 Å². The maximum atomic E-state index is 13.3. The van der Waals surface area contributed by atoms with Crippen LogP contribution in [0.4, 0.5) is 11.4 Å². The van der Waals surface area contributed by atoms with Crippen LogP contribution in [0.25, 0.3) is 0 Å². The maximum Gasteiger partial charge on any atom is 0.443 e. The lowest BCUT2D eigenvalue weighted by atomic mass is 9.93. The van der Waals surface area contributed by atoms with Gasteiger partial charge in [0.15, 0.2) is 0 Å². The summed E-state index contributed by atoms with van der Waals surface area (Å²) in [6.07, 6.45) is 8.25. The zero-order chi connectivity index (χ0) is 44.4. The number of nitrogens with zero attached hydrogens (tertiary/aromatic N) is 4. The molecule has 0 spiro atoms. The zero-order valence-electron chi connectivity index (χ0n) is 36.2. The average Bonchev–Trinajstić information content (AvgIpc) is 4.02. The van der Waals surface area contributed by atoms with E-state index in [1.165, 1.54) is 0 Å². The minimum absolute atomic E-state index is 0.0480. The van der Waals surface area contributed by atoms with Crippen molar-refractivity contribution in [2.24, 2.45) is 0 Å². The van der Waals surface area contributed by atoms with Crippen molar-refractivity contribution >= 4 is 46.9 Å². The number of benzene rings is 4. The number of carbonyl (C=O) groups excluding carboxylic acids is 6. The first-order valence-corrected chi connectivity index (χ1v) is 22.6. The van der Waals surface area contributed by atoms with Crippen LogP contribution in [-0.2, 0) is 41.7 Å². The molecule has 0 radical (unpaired) electrons. The largest absolute Gasteiger partial charge is 0.443 e. The molecular formula is C50H56N6O8. The summed E-state index contributed by atoms with van der Waals surface area (Å²) in [5.41, 5.74) is 10.7. The molecule has 4 heterocycles. The third-order valence-corrected chi connectivity index (χ3v) is 13.1. The Kier molecular flexibility index (Phi) is 14.4. The molecule has 64 heavy (non-hydrogen) atoms. The highest BCUT2D eigenvalue weighted by Crippen LogP contribution is 2.33. The fourth-order valence-electron chi connectivity index (χ4n) is 9.73. The van der Waals surface area contributed by atoms with Gasteiger partial charge in [-0.25, -0.2) is 9.59 Å². The fraction of sp³-hybridized carbons (Fsp3) is 0.400. The molecule has 334 valence electrons. The molecule has 4 aliphatic heterocycles. The smallest absolute Gasteiger partial charge is 0.329 e. The normalized spacial score (nSPS) is 19.4. The van der Waals surface area contributed by atoms with Crippen molar-refractivity contribution in [1.29, 1.82) is 0 Å². The third kappa shape index (κ3) is 10.5. The SMILES string of the molecule is O=C(ONC(=O)c1ccccc1C1CCN(CCc2ccccc2N2CCCCC2=O)C1)C(=O)ONC(=O)c1ccccc1C1CCN(CCc2ccccc2N2CCCCC2=O)C1. The van der Waals surface area contributed by atoms with Gasteiger partial charge in [-0.15, -0.1) is 0 Å². The summed E-state index contributed by atoms with van der Waals surface area (Å²) in [4.78, 5) is 95.5. The molecule has 4 aromatic carbocycles. The molecule has 4 saturated heterocycles. The van der Waals surface area contributed by atoms with E-state index in [0.717, 1.165) is 137 Å². The van der Waals surface area contributed by atoms with E-state index in [2.05, 4.69) is 32.9 Å². The quantitative estimate of drug-likeness (QED) is 0.131. The lowest BCUT2D eigenvalue weighted by molar-refractivity contribution is -0.173. The summed E-state index contributed by atoms with van der Waals surface area (Å²) in [6.45, 7) is 6.19. The number of para-hydroxylation sites is 2. The number of piperidine rings is 2. The topological polar surface area (TPSA) is 158 Å². The molecule has 0 aliphatic carbocycles. The second-order valence-corrected chi connectivity index (χ2v) is 17.2. The number of hydroxylamine groups is 2. The first kappa shape index (κ1) is 44.2. The van der Waals surface area contributed by atoms with Crippen LogP contribution in [0, 0.1) is 0 Å². The monoisotopic (exact) mass is 868 g/mol. The van der Waals surface area contributed by atoms with E-state index >= 15 is 0 Å². The van der Waals surface area contributed by atoms with Gasteiger partial charge >= 0.3 is 11.9 Å². The molecule has 4 aliphatic rings. The van der Waals surface area contributed by atoms with Crippen molar-refractivity contribution in [3.05, 3.63) is 130 Å². The van der Waals surface area contributed by atoms with Gasteiger partial charge in [0.1, 0.15) is 0 Å². The predicted octanol–water partition coefficient (Wildman–Crippen LogP) is 5.86. The Morgan fingerprint density at radius 1 is 0.516 bits per heavy atom. The van der Waals surface area contributed by atoms with Crippen LogP contribution in [0.2, 0.25) is 0 Å². The fourth-order valence-corrected chi connectivity index (χ4v) is 9.73. The molecule has 0 aromatic heterocycles. The van der Waals surface area contributed by atoms with E-state index in [4.69, 9.17) is 9.68 Å². The minimum atomic E-state index is -1.50. The summed E-state index contributed by atoms with van der Waals surface area (Å²) in [5, 5.41) is 0. The number of hydrogen-bond donors (Lipinski definition) is 2. The minimum Gasteiger partial charge on any atom is -0.329 e. The van der Waals surface area contributed by atoms with Crippen molar-refractivity contribution in [2.45, 2.75) is 76.0 Å². The molecule has 2 atom stereocenters. The highest BCUT2D eigenvalue weighted by molar-refractivity contribution is 6.30. The molecule has 2 N–H and O–H groups in total. The molecule has 8 rings (SSSR count). The zero-order valence-corrected chi connectivity index (χ0v) is 36.2. The number of likely N-dealkylation sites (tertiary alicyclic amines) is 2. The number of amides is 4. The Labute approximate surface area is 373 Å². The Bertz CT molecular complexity index is 2210. The van der Waals surface area contributed by atoms with Crippen LogP contribution in [0.5, 0.6) is 0 Å². The second-order valence-electron chi connectivity index (χ2n) is 17.2. The van der Waals surface area contributed by atoms with Crippen LogP contribution in [0.3, 0.4) is 0 Å². The summed E-state index contributed by atoms with van der Waals surface area (Å²) >= 11 is 0. The molecule has 0 saturated carbocycles. The third-order valence-electron chi connectivity index (χ3n) is 13.1. The number of hydrogen-bond acceptors (Lipinski definition) is 10. The Hall–Kier alpha value is -6.38. The maximum absolute atomic E-state index is 13.3. The highest BCUT2D eigenvalue weighted by atomic mass is 16.7. The average molecular weight is 869 g/mol. The van der Waals surface area contributed by atoms with E-state index in [0.29, 0.717) is 24.0 Å². The van der Waals surface area contributed by atoms with Crippen LogP contribution < -0.4 is 20.8 Å². The Morgan fingerprint density at radius 3 is 1.36 bits per heavy atom. The number of anilines is 2. The molecule has 2 unspecified atom stereocenters. The summed E-state index contributed by atoms with van der Waals surface area (Å²) in [7, 11) is 0. The van der Waals surface area contributed by atoms with Gasteiger partial charge in [0.25, 0.3) is 11.8 Å². The standard InChI is InChI=1S/C50H56N6O8/c57-45-21-9-11-27-55(45)43-19-7-1-13-35(43)23-29-53-31-25-37(33-53)39-15-3-5-17-41(39)47(59)51-63-49(61)50(62)64-52-48(60)42-18-6-4-16-40(42)38-26-32-54(34-38)30-24-36-14-2-8-20-44(36)56-28-12-10-22-46(56)58/h1-8,13-20,37-38H,9-12,21-34H2,(H,51,59)(H,52,60). The Balaban J connectivity index is 0.794. The molecule has 0 bridgehead atoms. The van der Waals surface area contributed by atoms with E-state index < -0.39 is 23.8 Å². The van der Waals surface area contributed by atoms with E-state index in [1.54, 1.807) is 24.3 Å². The predicted molar refractivity (Wildman–Crippen MR) is 240 cm³/mol. The molecule has 14 nitrogen and oxygen atoms in total. The van der Waals surface area contributed by atoms with Gasteiger partial charge in [0.2, 0.25) is 11.8 Å². The molecule has 4 amide bonds. The lowest BCUT2D eigenvalue weighted by Gasteiger charge is -2.29. The van der Waals surface area contributed by atoms with E-state index in [1.807, 2.05) is 70.5 Å². The number of rotatable bonds is 12. The number of nitrogens with one attached hydrogen (secondary N) is 2. The first-order chi connectivity index (χ1) is 31.2. The van der Waals surface area contributed by atoms with Gasteiger partial charge in [-0.2, -0.15) is 11.0 Å². The molecule has 4 fully saturated rings. The van der Waals surface area contributed by atoms with Gasteiger partial charge in [-0.1, -0.05) is 72.8 Å². The van der Waals surface area contributed by atoms with Crippen LogP contribution >= 0.6 is 0 Å². The summed E-state index contributed by atoms with van der Waals surface area (Å²) in [6, 6.07) is 30.4. The van der Waals surface area contributed by atoms with Crippen molar-refractivity contribution in [3.8, 4) is 0 Å². The van der Waals surface area contributed by atoms with Crippen molar-refractivity contribution in [3.63, 3.8) is 0 Å². The highest BCUT2D eigenvalue weighted by Gasteiger charge is 2.31. The lowest BCUT2D eigenvalue weighted by Crippen LogP contribution is -2.36. The van der Waals surface area contributed by atoms with Gasteiger partial charge in [0.05, 0.1) is 0 Å². The summed E-state index contributed by atoms with van der Waals surface area (Å²) < 4.78 is 0. The summed E-state index contributed by atoms with van der Waals surface area (Å²) in [5.74, 6) is -3.95. The van der Waals surface area contributed by atoms with Crippen LogP contribution in [0.1, 0.15) is 106 Å².